The number of rotatable bonds is 3. The number of hydrogen-bond donors (Lipinski definition) is 1. The average Bonchev–Trinajstić information content (AvgIpc) is 2.93. The second kappa shape index (κ2) is 7.55. The Morgan fingerprint density at radius 1 is 1.23 bits per heavy atom. The lowest BCUT2D eigenvalue weighted by Gasteiger charge is -2.35. The van der Waals surface area contributed by atoms with Crippen LogP contribution in [0.3, 0.4) is 0 Å². The van der Waals surface area contributed by atoms with Gasteiger partial charge in [-0.05, 0) is 50.6 Å². The molecule has 0 radical (unpaired) electrons. The largest absolute Gasteiger partial charge is 0.372 e. The summed E-state index contributed by atoms with van der Waals surface area (Å²) in [5.74, 6) is -0.925. The summed E-state index contributed by atoms with van der Waals surface area (Å²) < 4.78 is 18.9. The van der Waals surface area contributed by atoms with E-state index in [2.05, 4.69) is 5.32 Å². The van der Waals surface area contributed by atoms with Gasteiger partial charge in [0.25, 0.3) is 11.8 Å². The second-order valence-corrected chi connectivity index (χ2v) is 7.61. The van der Waals surface area contributed by atoms with Crippen molar-refractivity contribution in [3.63, 3.8) is 0 Å². The number of nitrogens with zero attached hydrogens (tertiary/aromatic N) is 1. The van der Waals surface area contributed by atoms with E-state index in [0.717, 1.165) is 5.56 Å². The van der Waals surface area contributed by atoms with Crippen LogP contribution < -0.4 is 5.32 Å². The van der Waals surface area contributed by atoms with E-state index in [1.54, 1.807) is 17.0 Å². The smallest absolute Gasteiger partial charge is 0.264 e. The van der Waals surface area contributed by atoms with E-state index in [0.29, 0.717) is 23.0 Å². The second-order valence-electron chi connectivity index (χ2n) is 6.55. The third kappa shape index (κ3) is 4.11. The van der Waals surface area contributed by atoms with Crippen LogP contribution in [-0.4, -0.2) is 42.0 Å². The summed E-state index contributed by atoms with van der Waals surface area (Å²) in [4.78, 5) is 27.5. The maximum absolute atomic E-state index is 13.3. The maximum atomic E-state index is 13.3. The highest BCUT2D eigenvalue weighted by Crippen LogP contribution is 2.29. The minimum absolute atomic E-state index is 0.00452. The Balaban J connectivity index is 1.74. The van der Waals surface area contributed by atoms with Crippen molar-refractivity contribution in [2.45, 2.75) is 33.0 Å². The van der Waals surface area contributed by atoms with Crippen LogP contribution in [0.4, 0.5) is 9.39 Å². The first kappa shape index (κ1) is 18.5. The molecular weight excluding hydrogens is 355 g/mol. The SMILES string of the molecule is Cc1cc(NC(=O)c2cccc(F)c2)sc1C(=O)N1CC(C)OC(C)C1. The zero-order valence-corrected chi connectivity index (χ0v) is 15.7. The number of aryl methyl sites for hydroxylation is 1. The van der Waals surface area contributed by atoms with Crippen LogP contribution in [0.2, 0.25) is 0 Å². The zero-order chi connectivity index (χ0) is 18.8. The number of carbonyl (C=O) groups excluding carboxylic acids is 2. The van der Waals surface area contributed by atoms with E-state index in [9.17, 15) is 14.0 Å². The molecular formula is C19H21FN2O3S. The molecule has 1 aliphatic heterocycles. The number of benzene rings is 1. The molecule has 1 saturated heterocycles. The van der Waals surface area contributed by atoms with Gasteiger partial charge in [-0.2, -0.15) is 0 Å². The normalized spacial score (nSPS) is 20.1. The Kier molecular flexibility index (Phi) is 5.38. The van der Waals surface area contributed by atoms with E-state index >= 15 is 0 Å². The molecule has 1 aromatic heterocycles. The van der Waals surface area contributed by atoms with Crippen molar-refractivity contribution in [3.05, 3.63) is 52.2 Å². The van der Waals surface area contributed by atoms with Crippen LogP contribution in [0.1, 0.15) is 39.4 Å². The summed E-state index contributed by atoms with van der Waals surface area (Å²) >= 11 is 1.23. The number of ether oxygens (including phenoxy) is 1. The van der Waals surface area contributed by atoms with Crippen molar-refractivity contribution >= 4 is 28.2 Å². The molecule has 0 saturated carbocycles. The van der Waals surface area contributed by atoms with E-state index in [-0.39, 0.29) is 23.7 Å². The molecule has 2 heterocycles. The summed E-state index contributed by atoms with van der Waals surface area (Å²) in [6.07, 6.45) is -0.00904. The first-order valence-electron chi connectivity index (χ1n) is 8.45. The van der Waals surface area contributed by atoms with Crippen LogP contribution in [0.25, 0.3) is 0 Å². The lowest BCUT2D eigenvalue weighted by atomic mass is 10.2. The quantitative estimate of drug-likeness (QED) is 0.889. The van der Waals surface area contributed by atoms with Gasteiger partial charge in [0.15, 0.2) is 0 Å². The minimum Gasteiger partial charge on any atom is -0.372 e. The fourth-order valence-electron chi connectivity index (χ4n) is 3.06. The molecule has 26 heavy (non-hydrogen) atoms. The van der Waals surface area contributed by atoms with Crippen LogP contribution in [0.5, 0.6) is 0 Å². The Labute approximate surface area is 155 Å². The molecule has 138 valence electrons. The number of hydrogen-bond acceptors (Lipinski definition) is 4. The van der Waals surface area contributed by atoms with Gasteiger partial charge in [-0.15, -0.1) is 11.3 Å². The van der Waals surface area contributed by atoms with E-state index < -0.39 is 11.7 Å². The zero-order valence-electron chi connectivity index (χ0n) is 14.9. The van der Waals surface area contributed by atoms with E-state index in [1.807, 2.05) is 20.8 Å². The third-order valence-electron chi connectivity index (χ3n) is 4.14. The number of nitrogens with one attached hydrogen (secondary N) is 1. The van der Waals surface area contributed by atoms with Gasteiger partial charge in [-0.1, -0.05) is 6.07 Å². The minimum atomic E-state index is -0.466. The fraction of sp³-hybridized carbons (Fsp3) is 0.368. The molecule has 0 bridgehead atoms. The van der Waals surface area contributed by atoms with Gasteiger partial charge in [0.05, 0.1) is 22.1 Å². The highest BCUT2D eigenvalue weighted by molar-refractivity contribution is 7.18. The highest BCUT2D eigenvalue weighted by Gasteiger charge is 2.28. The molecule has 2 aromatic rings. The van der Waals surface area contributed by atoms with Crippen molar-refractivity contribution in [2.24, 2.45) is 0 Å². The molecule has 1 N–H and O–H groups in total. The molecule has 7 heteroatoms. The summed E-state index contributed by atoms with van der Waals surface area (Å²) in [6.45, 7) is 6.83. The van der Waals surface area contributed by atoms with Crippen LogP contribution >= 0.6 is 11.3 Å². The Morgan fingerprint density at radius 3 is 2.58 bits per heavy atom. The standard InChI is InChI=1S/C19H21FN2O3S/c1-11-7-16(21-18(23)14-5-4-6-15(20)8-14)26-17(11)19(24)22-9-12(2)25-13(3)10-22/h4-8,12-13H,9-10H2,1-3H3,(H,21,23). The van der Waals surface area contributed by atoms with Crippen LogP contribution in [0, 0.1) is 12.7 Å². The summed E-state index contributed by atoms with van der Waals surface area (Å²) in [5, 5.41) is 3.30. The molecule has 3 rings (SSSR count). The maximum Gasteiger partial charge on any atom is 0.264 e. The Bertz CT molecular complexity index is 826. The number of morpholine rings is 1. The molecule has 0 spiro atoms. The van der Waals surface area contributed by atoms with Gasteiger partial charge in [0.1, 0.15) is 5.82 Å². The van der Waals surface area contributed by atoms with Crippen molar-refractivity contribution in [2.75, 3.05) is 18.4 Å². The monoisotopic (exact) mass is 376 g/mol. The molecule has 0 aliphatic carbocycles. The van der Waals surface area contributed by atoms with E-state index in [4.69, 9.17) is 4.74 Å². The number of carbonyl (C=O) groups is 2. The first-order valence-corrected chi connectivity index (χ1v) is 9.27. The summed E-state index contributed by atoms with van der Waals surface area (Å²) in [5.41, 5.74) is 1.04. The highest BCUT2D eigenvalue weighted by atomic mass is 32.1. The number of anilines is 1. The predicted octanol–water partition coefficient (Wildman–Crippen LogP) is 3.70. The fourth-order valence-corrected chi connectivity index (χ4v) is 4.09. The van der Waals surface area contributed by atoms with Crippen molar-refractivity contribution in [1.82, 2.24) is 4.90 Å². The van der Waals surface area contributed by atoms with Gasteiger partial charge < -0.3 is 15.0 Å². The van der Waals surface area contributed by atoms with Crippen molar-refractivity contribution in [3.8, 4) is 0 Å². The topological polar surface area (TPSA) is 58.6 Å². The van der Waals surface area contributed by atoms with Gasteiger partial charge in [0.2, 0.25) is 0 Å². The van der Waals surface area contributed by atoms with Crippen molar-refractivity contribution in [1.29, 1.82) is 0 Å². The molecule has 2 amide bonds. The summed E-state index contributed by atoms with van der Waals surface area (Å²) in [7, 11) is 0. The van der Waals surface area contributed by atoms with Gasteiger partial charge in [-0.25, -0.2) is 4.39 Å². The van der Waals surface area contributed by atoms with Gasteiger partial charge in [-0.3, -0.25) is 9.59 Å². The Morgan fingerprint density at radius 2 is 1.92 bits per heavy atom. The average molecular weight is 376 g/mol. The number of amides is 2. The molecule has 1 aromatic carbocycles. The lowest BCUT2D eigenvalue weighted by molar-refractivity contribution is -0.0585. The van der Waals surface area contributed by atoms with Crippen LogP contribution in [-0.2, 0) is 4.74 Å². The predicted molar refractivity (Wildman–Crippen MR) is 99.3 cm³/mol. The van der Waals surface area contributed by atoms with Crippen LogP contribution in [0.15, 0.2) is 30.3 Å². The molecule has 2 atom stereocenters. The number of halogens is 1. The first-order chi connectivity index (χ1) is 12.3. The van der Waals surface area contributed by atoms with E-state index in [1.165, 1.54) is 29.5 Å². The molecule has 5 nitrogen and oxygen atoms in total. The lowest BCUT2D eigenvalue weighted by Crippen LogP contribution is -2.48. The summed E-state index contributed by atoms with van der Waals surface area (Å²) in [6, 6.07) is 7.26. The third-order valence-corrected chi connectivity index (χ3v) is 5.28. The molecule has 2 unspecified atom stereocenters. The number of thiophene rings is 1. The van der Waals surface area contributed by atoms with Gasteiger partial charge in [0, 0.05) is 18.7 Å². The molecule has 1 fully saturated rings. The Hall–Kier alpha value is -2.25. The van der Waals surface area contributed by atoms with Gasteiger partial charge >= 0.3 is 0 Å². The van der Waals surface area contributed by atoms with Crippen molar-refractivity contribution < 1.29 is 18.7 Å². The molecule has 1 aliphatic rings.